The first kappa shape index (κ1) is 21.6. The van der Waals surface area contributed by atoms with Gasteiger partial charge < -0.3 is 5.32 Å². The summed E-state index contributed by atoms with van der Waals surface area (Å²) in [5.74, 6) is -0.345. The number of nitrogens with one attached hydrogen (secondary N) is 1. The predicted octanol–water partition coefficient (Wildman–Crippen LogP) is 4.07. The average Bonchev–Trinajstić information content (AvgIpc) is 2.81. The van der Waals surface area contributed by atoms with Crippen molar-refractivity contribution in [1.82, 2.24) is 9.13 Å². The van der Waals surface area contributed by atoms with Gasteiger partial charge in [0.25, 0.3) is 5.56 Å². The molecule has 0 aliphatic heterocycles. The Morgan fingerprint density at radius 1 is 0.906 bits per heavy atom. The molecule has 1 N–H and O–H groups in total. The summed E-state index contributed by atoms with van der Waals surface area (Å²) in [5, 5.41) is 3.79. The maximum Gasteiger partial charge on any atom is 0.332 e. The van der Waals surface area contributed by atoms with Crippen molar-refractivity contribution in [2.75, 3.05) is 5.32 Å². The van der Waals surface area contributed by atoms with Gasteiger partial charge in [-0.25, -0.2) is 4.79 Å². The van der Waals surface area contributed by atoms with Gasteiger partial charge in [-0.2, -0.15) is 0 Å². The van der Waals surface area contributed by atoms with Crippen LogP contribution in [-0.4, -0.2) is 15.0 Å². The second-order valence-corrected chi connectivity index (χ2v) is 7.94. The van der Waals surface area contributed by atoms with Crippen LogP contribution in [0.5, 0.6) is 0 Å². The third-order valence-corrected chi connectivity index (χ3v) is 5.56. The van der Waals surface area contributed by atoms with Crippen molar-refractivity contribution in [1.29, 1.82) is 0 Å². The summed E-state index contributed by atoms with van der Waals surface area (Å²) in [5.41, 5.74) is 2.01. The van der Waals surface area contributed by atoms with Crippen LogP contribution >= 0.6 is 11.6 Å². The molecule has 3 aromatic carbocycles. The van der Waals surface area contributed by atoms with E-state index in [1.807, 2.05) is 25.1 Å². The zero-order valence-electron chi connectivity index (χ0n) is 17.5. The zero-order chi connectivity index (χ0) is 22.7. The molecule has 0 atom stereocenters. The number of rotatable bonds is 6. The minimum Gasteiger partial charge on any atom is -0.325 e. The first-order chi connectivity index (χ1) is 15.5. The number of carbonyl (C=O) groups excluding carboxylic acids is 1. The summed E-state index contributed by atoms with van der Waals surface area (Å²) >= 11 is 5.94. The highest BCUT2D eigenvalue weighted by molar-refractivity contribution is 6.30. The number of benzene rings is 3. The molecule has 4 rings (SSSR count). The van der Waals surface area contributed by atoms with Crippen LogP contribution in [0, 0.1) is 0 Å². The van der Waals surface area contributed by atoms with Crippen LogP contribution in [-0.2, 0) is 24.3 Å². The fraction of sp³-hybridized carbons (Fsp3) is 0.160. The number of amides is 1. The zero-order valence-corrected chi connectivity index (χ0v) is 18.3. The fourth-order valence-electron chi connectivity index (χ4n) is 3.65. The number of aromatic nitrogens is 2. The van der Waals surface area contributed by atoms with Gasteiger partial charge >= 0.3 is 5.69 Å². The van der Waals surface area contributed by atoms with Crippen LogP contribution in [0.1, 0.15) is 18.1 Å². The molecule has 162 valence electrons. The molecule has 0 bridgehead atoms. The Labute approximate surface area is 189 Å². The summed E-state index contributed by atoms with van der Waals surface area (Å²) < 4.78 is 2.49. The van der Waals surface area contributed by atoms with Gasteiger partial charge in [-0.1, -0.05) is 54.9 Å². The molecule has 1 heterocycles. The van der Waals surface area contributed by atoms with Crippen molar-refractivity contribution in [3.05, 3.63) is 110 Å². The van der Waals surface area contributed by atoms with Crippen molar-refractivity contribution < 1.29 is 4.79 Å². The summed E-state index contributed by atoms with van der Waals surface area (Å²) in [4.78, 5) is 39.1. The number of nitrogens with zero attached hydrogens (tertiary/aromatic N) is 2. The van der Waals surface area contributed by atoms with Crippen molar-refractivity contribution >= 4 is 34.1 Å². The van der Waals surface area contributed by atoms with Crippen LogP contribution in [0.3, 0.4) is 0 Å². The van der Waals surface area contributed by atoms with Crippen LogP contribution in [0.4, 0.5) is 5.69 Å². The van der Waals surface area contributed by atoms with Crippen molar-refractivity contribution in [3.8, 4) is 0 Å². The molecule has 0 spiro atoms. The molecule has 0 aliphatic rings. The molecule has 0 saturated heterocycles. The van der Waals surface area contributed by atoms with Gasteiger partial charge in [0.05, 0.1) is 17.4 Å². The van der Waals surface area contributed by atoms with Gasteiger partial charge in [0.1, 0.15) is 6.54 Å². The third-order valence-electron chi connectivity index (χ3n) is 5.31. The molecule has 0 saturated carbocycles. The Bertz CT molecular complexity index is 1400. The molecule has 4 aromatic rings. The van der Waals surface area contributed by atoms with Crippen LogP contribution in [0.25, 0.3) is 10.9 Å². The van der Waals surface area contributed by atoms with Gasteiger partial charge in [-0.3, -0.25) is 18.7 Å². The monoisotopic (exact) mass is 447 g/mol. The Morgan fingerprint density at radius 3 is 2.41 bits per heavy atom. The number of fused-ring (bicyclic) bond motifs is 1. The van der Waals surface area contributed by atoms with Crippen LogP contribution in [0.2, 0.25) is 5.02 Å². The van der Waals surface area contributed by atoms with E-state index in [1.54, 1.807) is 54.6 Å². The van der Waals surface area contributed by atoms with E-state index in [1.165, 1.54) is 4.57 Å². The number of carbonyl (C=O) groups is 1. The number of hydrogen-bond donors (Lipinski definition) is 1. The Morgan fingerprint density at radius 2 is 1.66 bits per heavy atom. The van der Waals surface area contributed by atoms with E-state index in [9.17, 15) is 14.4 Å². The Balaban J connectivity index is 1.73. The van der Waals surface area contributed by atoms with E-state index < -0.39 is 11.2 Å². The lowest BCUT2D eigenvalue weighted by molar-refractivity contribution is -0.116. The van der Waals surface area contributed by atoms with E-state index >= 15 is 0 Å². The summed E-state index contributed by atoms with van der Waals surface area (Å²) in [7, 11) is 0. The molecule has 32 heavy (non-hydrogen) atoms. The van der Waals surface area contributed by atoms with E-state index in [4.69, 9.17) is 11.6 Å². The molecule has 0 aliphatic carbocycles. The van der Waals surface area contributed by atoms with Crippen LogP contribution in [0.15, 0.2) is 82.4 Å². The summed E-state index contributed by atoms with van der Waals surface area (Å²) in [6, 6.07) is 21.3. The van der Waals surface area contributed by atoms with Gasteiger partial charge in [0.2, 0.25) is 5.91 Å². The van der Waals surface area contributed by atoms with E-state index in [0.29, 0.717) is 21.6 Å². The molecule has 0 unspecified atom stereocenters. The molecule has 1 aromatic heterocycles. The van der Waals surface area contributed by atoms with E-state index in [-0.39, 0.29) is 19.0 Å². The largest absolute Gasteiger partial charge is 0.332 e. The predicted molar refractivity (Wildman–Crippen MR) is 127 cm³/mol. The lowest BCUT2D eigenvalue weighted by Gasteiger charge is -2.14. The van der Waals surface area contributed by atoms with Crippen molar-refractivity contribution in [2.45, 2.75) is 26.4 Å². The van der Waals surface area contributed by atoms with Gasteiger partial charge in [0.15, 0.2) is 0 Å². The maximum atomic E-state index is 13.3. The first-order valence-corrected chi connectivity index (χ1v) is 10.7. The van der Waals surface area contributed by atoms with Crippen molar-refractivity contribution in [2.24, 2.45) is 0 Å². The van der Waals surface area contributed by atoms with E-state index in [2.05, 4.69) is 5.32 Å². The number of hydrogen-bond acceptors (Lipinski definition) is 3. The highest BCUT2D eigenvalue weighted by Crippen LogP contribution is 2.13. The minimum absolute atomic E-state index is 0.0832. The van der Waals surface area contributed by atoms with Gasteiger partial charge in [-0.05, 0) is 53.9 Å². The number of halogens is 1. The minimum atomic E-state index is -0.541. The normalized spacial score (nSPS) is 10.9. The Hall–Kier alpha value is -3.64. The molecular formula is C25H22ClN3O3. The molecule has 7 heteroatoms. The lowest BCUT2D eigenvalue weighted by atomic mass is 10.1. The highest BCUT2D eigenvalue weighted by atomic mass is 35.5. The second-order valence-electron chi connectivity index (χ2n) is 7.51. The molecule has 6 nitrogen and oxygen atoms in total. The Kier molecular flexibility index (Phi) is 6.23. The fourth-order valence-corrected chi connectivity index (χ4v) is 3.77. The number of anilines is 1. The quantitative estimate of drug-likeness (QED) is 0.484. The molecular weight excluding hydrogens is 426 g/mol. The summed E-state index contributed by atoms with van der Waals surface area (Å²) in [6.45, 7) is 1.91. The molecule has 0 radical (unpaired) electrons. The summed E-state index contributed by atoms with van der Waals surface area (Å²) in [6.07, 6.45) is 0.851. The first-order valence-electron chi connectivity index (χ1n) is 10.3. The third kappa shape index (κ3) is 4.50. The smallest absolute Gasteiger partial charge is 0.325 e. The second kappa shape index (κ2) is 9.24. The SMILES string of the molecule is CCc1cccc(NC(=O)Cn2c(=O)n(Cc3ccc(Cl)cc3)c(=O)c3ccccc32)c1. The topological polar surface area (TPSA) is 73.1 Å². The van der Waals surface area contributed by atoms with Gasteiger partial charge in [0, 0.05) is 10.7 Å². The van der Waals surface area contributed by atoms with Crippen molar-refractivity contribution in [3.63, 3.8) is 0 Å². The average molecular weight is 448 g/mol. The number of aryl methyl sites for hydroxylation is 1. The standard InChI is InChI=1S/C25H22ClN3O3/c1-2-17-6-5-7-20(14-17)27-23(30)16-28-22-9-4-3-8-21(22)24(31)29(25(28)32)15-18-10-12-19(26)13-11-18/h3-14H,2,15-16H2,1H3,(H,27,30). The van der Waals surface area contributed by atoms with Gasteiger partial charge in [-0.15, -0.1) is 0 Å². The van der Waals surface area contributed by atoms with E-state index in [0.717, 1.165) is 22.1 Å². The molecule has 1 amide bonds. The lowest BCUT2D eigenvalue weighted by Crippen LogP contribution is -2.42. The maximum absolute atomic E-state index is 13.3. The number of para-hydroxylation sites is 1. The van der Waals surface area contributed by atoms with Crippen LogP contribution < -0.4 is 16.6 Å². The highest BCUT2D eigenvalue weighted by Gasteiger charge is 2.16. The molecule has 0 fully saturated rings.